The molecule has 6 heteroatoms. The van der Waals surface area contributed by atoms with Crippen LogP contribution >= 0.6 is 11.3 Å². The second kappa shape index (κ2) is 7.02. The minimum Gasteiger partial charge on any atom is -0.326 e. The van der Waals surface area contributed by atoms with E-state index < -0.39 is 11.0 Å². The van der Waals surface area contributed by atoms with Crippen molar-refractivity contribution in [1.29, 1.82) is 5.26 Å². The number of thiazole rings is 1. The third kappa shape index (κ3) is 3.92. The Kier molecular flexibility index (Phi) is 5.25. The van der Waals surface area contributed by atoms with Crippen molar-refractivity contribution in [3.8, 4) is 6.07 Å². The summed E-state index contributed by atoms with van der Waals surface area (Å²) in [7, 11) is 0. The quantitative estimate of drug-likeness (QED) is 0.846. The summed E-state index contributed by atoms with van der Waals surface area (Å²) in [5, 5.41) is 17.8. The van der Waals surface area contributed by atoms with E-state index in [1.54, 1.807) is 18.3 Å². The molecule has 2 rings (SSSR count). The number of nitrogens with one attached hydrogen (secondary N) is 2. The molecular formula is C18H22N4OS. The number of anilines is 1. The first-order valence-corrected chi connectivity index (χ1v) is 8.69. The Morgan fingerprint density at radius 2 is 1.96 bits per heavy atom. The maximum absolute atomic E-state index is 12.3. The largest absolute Gasteiger partial charge is 0.326 e. The van der Waals surface area contributed by atoms with Gasteiger partial charge in [-0.25, -0.2) is 9.78 Å². The van der Waals surface area contributed by atoms with E-state index in [0.717, 1.165) is 17.0 Å². The van der Waals surface area contributed by atoms with Gasteiger partial charge in [0.2, 0.25) is 0 Å². The molecule has 0 saturated carbocycles. The van der Waals surface area contributed by atoms with Crippen LogP contribution in [0.1, 0.15) is 44.7 Å². The summed E-state index contributed by atoms with van der Waals surface area (Å²) in [5.74, 6) is 0. The molecule has 1 aromatic heterocycles. The second-order valence-corrected chi connectivity index (χ2v) is 7.31. The zero-order valence-electron chi connectivity index (χ0n) is 14.4. The van der Waals surface area contributed by atoms with E-state index in [1.807, 2.05) is 45.2 Å². The van der Waals surface area contributed by atoms with Crippen molar-refractivity contribution in [1.82, 2.24) is 10.3 Å². The minimum absolute atomic E-state index is 0.276. The van der Waals surface area contributed by atoms with Crippen LogP contribution < -0.4 is 10.6 Å². The van der Waals surface area contributed by atoms with Crippen LogP contribution in [0.15, 0.2) is 35.8 Å². The summed E-state index contributed by atoms with van der Waals surface area (Å²) < 4.78 is 0. The van der Waals surface area contributed by atoms with Crippen LogP contribution in [0.5, 0.6) is 0 Å². The summed E-state index contributed by atoms with van der Waals surface area (Å²) in [6, 6.07) is 9.32. The lowest BCUT2D eigenvalue weighted by atomic mass is 9.86. The van der Waals surface area contributed by atoms with Crippen molar-refractivity contribution in [2.75, 3.05) is 5.32 Å². The fourth-order valence-corrected chi connectivity index (χ4v) is 3.06. The number of benzene rings is 1. The number of hydrogen-bond acceptors (Lipinski definition) is 4. The lowest BCUT2D eigenvalue weighted by Gasteiger charge is -2.27. The lowest BCUT2D eigenvalue weighted by Crippen LogP contribution is -2.45. The number of aromatic nitrogens is 1. The Balaban J connectivity index is 2.06. The van der Waals surface area contributed by atoms with Gasteiger partial charge in [0.15, 0.2) is 0 Å². The molecule has 0 unspecified atom stereocenters. The molecule has 0 fully saturated rings. The molecule has 24 heavy (non-hydrogen) atoms. The summed E-state index contributed by atoms with van der Waals surface area (Å²) in [6.45, 7) is 7.70. The molecule has 2 amide bonds. The topological polar surface area (TPSA) is 77.8 Å². The minimum atomic E-state index is -0.549. The number of carbonyl (C=O) groups excluding carboxylic acids is 1. The smallest absolute Gasteiger partial charge is 0.320 e. The molecule has 2 aromatic rings. The van der Waals surface area contributed by atoms with Crippen LogP contribution in [0.2, 0.25) is 0 Å². The van der Waals surface area contributed by atoms with Crippen molar-refractivity contribution in [3.05, 3.63) is 46.4 Å². The highest BCUT2D eigenvalue weighted by molar-refractivity contribution is 7.09. The molecule has 5 nitrogen and oxygen atoms in total. The van der Waals surface area contributed by atoms with Crippen molar-refractivity contribution >= 4 is 23.1 Å². The van der Waals surface area contributed by atoms with Crippen LogP contribution in [-0.4, -0.2) is 11.0 Å². The van der Waals surface area contributed by atoms with Crippen LogP contribution in [0.25, 0.3) is 0 Å². The number of nitriles is 1. The molecule has 1 aromatic carbocycles. The van der Waals surface area contributed by atoms with Crippen LogP contribution in [-0.2, 0) is 11.0 Å². The van der Waals surface area contributed by atoms with Gasteiger partial charge >= 0.3 is 6.03 Å². The number of rotatable bonds is 5. The Labute approximate surface area is 146 Å². The van der Waals surface area contributed by atoms with Gasteiger partial charge in [-0.3, -0.25) is 0 Å². The highest BCUT2D eigenvalue weighted by Gasteiger charge is 2.29. The number of amides is 2. The van der Waals surface area contributed by atoms with Crippen molar-refractivity contribution in [2.24, 2.45) is 0 Å². The molecule has 2 N–H and O–H groups in total. The van der Waals surface area contributed by atoms with E-state index in [-0.39, 0.29) is 6.03 Å². The van der Waals surface area contributed by atoms with E-state index in [4.69, 9.17) is 0 Å². The van der Waals surface area contributed by atoms with Gasteiger partial charge < -0.3 is 10.6 Å². The molecule has 0 spiro atoms. The number of urea groups is 1. The highest BCUT2D eigenvalue weighted by atomic mass is 32.1. The van der Waals surface area contributed by atoms with Crippen molar-refractivity contribution in [2.45, 2.75) is 45.1 Å². The molecule has 0 saturated heterocycles. The zero-order chi connectivity index (χ0) is 17.8. The molecule has 0 radical (unpaired) electrons. The molecule has 0 aliphatic rings. The fraction of sp³-hybridized carbons (Fsp3) is 0.389. The van der Waals surface area contributed by atoms with Gasteiger partial charge in [-0.05, 0) is 44.9 Å². The van der Waals surface area contributed by atoms with E-state index in [9.17, 15) is 10.1 Å². The van der Waals surface area contributed by atoms with E-state index in [0.29, 0.717) is 5.69 Å². The first-order valence-electron chi connectivity index (χ1n) is 7.81. The standard InChI is InChI=1S/C18H22N4OS/c1-5-18(4,15-20-10-11-24-15)22-16(23)21-14-8-6-13(7-9-14)17(2,3)12-19/h6-11H,5H2,1-4H3,(H2,21,22,23)/t18-/m0/s1. The van der Waals surface area contributed by atoms with Crippen LogP contribution in [0.4, 0.5) is 10.5 Å². The number of nitrogens with zero attached hydrogens (tertiary/aromatic N) is 2. The summed E-state index contributed by atoms with van der Waals surface area (Å²) in [6.07, 6.45) is 2.48. The van der Waals surface area contributed by atoms with E-state index >= 15 is 0 Å². The van der Waals surface area contributed by atoms with Gasteiger partial charge in [0.05, 0.1) is 17.0 Å². The summed E-state index contributed by atoms with van der Waals surface area (Å²) >= 11 is 1.53. The Morgan fingerprint density at radius 1 is 1.29 bits per heavy atom. The maximum Gasteiger partial charge on any atom is 0.320 e. The summed E-state index contributed by atoms with van der Waals surface area (Å²) in [5.41, 5.74) is 0.549. The van der Waals surface area contributed by atoms with Gasteiger partial charge in [0, 0.05) is 17.3 Å². The van der Waals surface area contributed by atoms with Gasteiger partial charge in [-0.15, -0.1) is 11.3 Å². The number of hydrogen-bond donors (Lipinski definition) is 2. The van der Waals surface area contributed by atoms with Gasteiger partial charge in [0.25, 0.3) is 0 Å². The summed E-state index contributed by atoms with van der Waals surface area (Å²) in [4.78, 5) is 16.6. The van der Waals surface area contributed by atoms with Gasteiger partial charge in [-0.2, -0.15) is 5.26 Å². The third-order valence-corrected chi connectivity index (χ3v) is 5.18. The third-order valence-electron chi connectivity index (χ3n) is 4.14. The van der Waals surface area contributed by atoms with E-state index in [2.05, 4.69) is 21.7 Å². The van der Waals surface area contributed by atoms with Crippen molar-refractivity contribution < 1.29 is 4.79 Å². The molecule has 126 valence electrons. The maximum atomic E-state index is 12.3. The highest BCUT2D eigenvalue weighted by Crippen LogP contribution is 2.27. The van der Waals surface area contributed by atoms with E-state index in [1.165, 1.54) is 11.3 Å². The first kappa shape index (κ1) is 18.0. The normalized spacial score (nSPS) is 13.6. The molecule has 1 atom stereocenters. The Hall–Kier alpha value is -2.39. The fourth-order valence-electron chi connectivity index (χ4n) is 2.24. The van der Waals surface area contributed by atoms with Gasteiger partial charge in [-0.1, -0.05) is 19.1 Å². The lowest BCUT2D eigenvalue weighted by molar-refractivity contribution is 0.238. The average molecular weight is 342 g/mol. The second-order valence-electron chi connectivity index (χ2n) is 6.42. The Bertz CT molecular complexity index is 731. The molecule has 0 aliphatic carbocycles. The zero-order valence-corrected chi connectivity index (χ0v) is 15.2. The predicted octanol–water partition coefficient (Wildman–Crippen LogP) is 4.39. The molecular weight excluding hydrogens is 320 g/mol. The molecule has 0 bridgehead atoms. The van der Waals surface area contributed by atoms with Crippen LogP contribution in [0.3, 0.4) is 0 Å². The molecule has 0 aliphatic heterocycles. The number of carbonyl (C=O) groups is 1. The average Bonchev–Trinajstić information content (AvgIpc) is 3.10. The monoisotopic (exact) mass is 342 g/mol. The van der Waals surface area contributed by atoms with Crippen molar-refractivity contribution in [3.63, 3.8) is 0 Å². The molecule has 1 heterocycles. The van der Waals surface area contributed by atoms with Crippen LogP contribution in [0, 0.1) is 11.3 Å². The Morgan fingerprint density at radius 3 is 2.46 bits per heavy atom. The first-order chi connectivity index (χ1) is 11.3. The predicted molar refractivity (Wildman–Crippen MR) is 97.0 cm³/mol. The SMILES string of the molecule is CC[C@](C)(NC(=O)Nc1ccc(C(C)(C)C#N)cc1)c1nccs1. The van der Waals surface area contributed by atoms with Gasteiger partial charge in [0.1, 0.15) is 5.01 Å².